The number of hydrogen-bond acceptors (Lipinski definition) is 3. The SMILES string of the molecule is CCC(O)c1nc(Sc2ccccc2)c(C(C)C)[nH]1. The molecule has 4 heteroatoms. The third-order valence-electron chi connectivity index (χ3n) is 2.95. The Morgan fingerprint density at radius 2 is 1.95 bits per heavy atom. The Bertz CT molecular complexity index is 522. The highest BCUT2D eigenvalue weighted by atomic mass is 32.2. The molecule has 1 aromatic carbocycles. The van der Waals surface area contributed by atoms with E-state index in [0.717, 1.165) is 15.6 Å². The second kappa shape index (κ2) is 6.26. The van der Waals surface area contributed by atoms with Crippen molar-refractivity contribution in [3.8, 4) is 0 Å². The molecular formula is C15H20N2OS. The lowest BCUT2D eigenvalue weighted by molar-refractivity contribution is 0.164. The number of rotatable bonds is 5. The van der Waals surface area contributed by atoms with Gasteiger partial charge in [-0.15, -0.1) is 0 Å². The van der Waals surface area contributed by atoms with E-state index in [2.05, 4.69) is 35.9 Å². The first-order valence-electron chi connectivity index (χ1n) is 6.62. The first-order chi connectivity index (χ1) is 9.11. The van der Waals surface area contributed by atoms with Gasteiger partial charge in [0.15, 0.2) is 0 Å². The summed E-state index contributed by atoms with van der Waals surface area (Å²) in [6.45, 7) is 6.21. The molecule has 1 aromatic heterocycles. The first kappa shape index (κ1) is 14.2. The number of imidazole rings is 1. The molecule has 2 rings (SSSR count). The van der Waals surface area contributed by atoms with Gasteiger partial charge in [-0.1, -0.05) is 50.7 Å². The Balaban J connectivity index is 2.30. The molecule has 102 valence electrons. The van der Waals surface area contributed by atoms with Crippen LogP contribution in [-0.4, -0.2) is 15.1 Å². The molecule has 1 atom stereocenters. The average Bonchev–Trinajstić information content (AvgIpc) is 2.83. The van der Waals surface area contributed by atoms with Gasteiger partial charge in [0, 0.05) is 4.90 Å². The topological polar surface area (TPSA) is 48.9 Å². The van der Waals surface area contributed by atoms with Crippen LogP contribution in [0.2, 0.25) is 0 Å². The molecular weight excluding hydrogens is 256 g/mol. The molecule has 1 heterocycles. The maximum atomic E-state index is 9.91. The fraction of sp³-hybridized carbons (Fsp3) is 0.400. The highest BCUT2D eigenvalue weighted by Crippen LogP contribution is 2.33. The molecule has 0 aliphatic carbocycles. The normalized spacial score (nSPS) is 12.9. The number of aliphatic hydroxyl groups is 1. The van der Waals surface area contributed by atoms with Crippen LogP contribution in [0.3, 0.4) is 0 Å². The van der Waals surface area contributed by atoms with Crippen molar-refractivity contribution in [2.75, 3.05) is 0 Å². The predicted molar refractivity (Wildman–Crippen MR) is 78.5 cm³/mol. The van der Waals surface area contributed by atoms with Gasteiger partial charge < -0.3 is 10.1 Å². The average molecular weight is 276 g/mol. The van der Waals surface area contributed by atoms with E-state index in [0.29, 0.717) is 18.2 Å². The van der Waals surface area contributed by atoms with Crippen LogP contribution in [0.15, 0.2) is 40.3 Å². The largest absolute Gasteiger partial charge is 0.385 e. The van der Waals surface area contributed by atoms with E-state index >= 15 is 0 Å². The van der Waals surface area contributed by atoms with E-state index in [1.165, 1.54) is 0 Å². The summed E-state index contributed by atoms with van der Waals surface area (Å²) in [7, 11) is 0. The number of nitrogens with zero attached hydrogens (tertiary/aromatic N) is 1. The van der Waals surface area contributed by atoms with Gasteiger partial charge in [0.1, 0.15) is 17.0 Å². The van der Waals surface area contributed by atoms with Crippen molar-refractivity contribution < 1.29 is 5.11 Å². The molecule has 0 bridgehead atoms. The predicted octanol–water partition coefficient (Wildman–Crippen LogP) is 4.13. The van der Waals surface area contributed by atoms with Crippen molar-refractivity contribution in [3.05, 3.63) is 41.9 Å². The summed E-state index contributed by atoms with van der Waals surface area (Å²) >= 11 is 1.64. The van der Waals surface area contributed by atoms with Crippen molar-refractivity contribution in [1.29, 1.82) is 0 Å². The Kier molecular flexibility index (Phi) is 4.66. The lowest BCUT2D eigenvalue weighted by Crippen LogP contribution is -1.98. The summed E-state index contributed by atoms with van der Waals surface area (Å²) in [5.74, 6) is 1.03. The van der Waals surface area contributed by atoms with E-state index in [4.69, 9.17) is 0 Å². The summed E-state index contributed by atoms with van der Waals surface area (Å²) in [6.07, 6.45) is 0.156. The summed E-state index contributed by atoms with van der Waals surface area (Å²) < 4.78 is 0. The third-order valence-corrected chi connectivity index (χ3v) is 3.96. The highest BCUT2D eigenvalue weighted by molar-refractivity contribution is 7.99. The van der Waals surface area contributed by atoms with Crippen molar-refractivity contribution >= 4 is 11.8 Å². The number of hydrogen-bond donors (Lipinski definition) is 2. The van der Waals surface area contributed by atoms with Crippen LogP contribution < -0.4 is 0 Å². The number of nitrogens with one attached hydrogen (secondary N) is 1. The number of benzene rings is 1. The molecule has 0 saturated heterocycles. The summed E-state index contributed by atoms with van der Waals surface area (Å²) in [6, 6.07) is 10.2. The van der Waals surface area contributed by atoms with Crippen LogP contribution in [0.5, 0.6) is 0 Å². The molecule has 0 fully saturated rings. The highest BCUT2D eigenvalue weighted by Gasteiger charge is 2.17. The van der Waals surface area contributed by atoms with Gasteiger partial charge in [0.25, 0.3) is 0 Å². The molecule has 19 heavy (non-hydrogen) atoms. The Morgan fingerprint density at radius 3 is 2.53 bits per heavy atom. The number of H-pyrrole nitrogens is 1. The minimum atomic E-state index is -0.511. The van der Waals surface area contributed by atoms with Crippen molar-refractivity contribution in [2.24, 2.45) is 0 Å². The summed E-state index contributed by atoms with van der Waals surface area (Å²) in [5.41, 5.74) is 1.09. The summed E-state index contributed by atoms with van der Waals surface area (Å²) in [5, 5.41) is 10.9. The van der Waals surface area contributed by atoms with Gasteiger partial charge in [0.2, 0.25) is 0 Å². The number of aromatic amines is 1. The molecule has 0 amide bonds. The minimum absolute atomic E-state index is 0.358. The van der Waals surface area contributed by atoms with Gasteiger partial charge in [-0.05, 0) is 24.5 Å². The van der Waals surface area contributed by atoms with Crippen LogP contribution in [-0.2, 0) is 0 Å². The van der Waals surface area contributed by atoms with Gasteiger partial charge in [-0.25, -0.2) is 4.98 Å². The molecule has 0 radical (unpaired) electrons. The van der Waals surface area contributed by atoms with Crippen LogP contribution in [0.4, 0.5) is 0 Å². The maximum Gasteiger partial charge on any atom is 0.136 e. The molecule has 0 saturated carbocycles. The zero-order chi connectivity index (χ0) is 13.8. The lowest BCUT2D eigenvalue weighted by Gasteiger charge is -2.05. The molecule has 3 nitrogen and oxygen atoms in total. The van der Waals surface area contributed by atoms with E-state index in [-0.39, 0.29) is 0 Å². The van der Waals surface area contributed by atoms with Crippen LogP contribution in [0.25, 0.3) is 0 Å². The van der Waals surface area contributed by atoms with Gasteiger partial charge >= 0.3 is 0 Å². The molecule has 2 N–H and O–H groups in total. The number of aromatic nitrogens is 2. The zero-order valence-corrected chi connectivity index (χ0v) is 12.4. The first-order valence-corrected chi connectivity index (χ1v) is 7.44. The van der Waals surface area contributed by atoms with Crippen molar-refractivity contribution in [3.63, 3.8) is 0 Å². The fourth-order valence-electron chi connectivity index (χ4n) is 1.81. The second-order valence-corrected chi connectivity index (χ2v) is 5.90. The zero-order valence-electron chi connectivity index (χ0n) is 11.6. The Labute approximate surface area is 118 Å². The molecule has 0 spiro atoms. The standard InChI is InChI=1S/C15H20N2OS/c1-4-12(18)14-16-13(10(2)3)15(17-14)19-11-8-6-5-7-9-11/h5-10,12,18H,4H2,1-3H3,(H,16,17). The van der Waals surface area contributed by atoms with Crippen LogP contribution >= 0.6 is 11.8 Å². The van der Waals surface area contributed by atoms with Gasteiger partial charge in [-0.2, -0.15) is 0 Å². The maximum absolute atomic E-state index is 9.91. The Morgan fingerprint density at radius 1 is 1.26 bits per heavy atom. The van der Waals surface area contributed by atoms with Crippen LogP contribution in [0.1, 0.15) is 50.7 Å². The van der Waals surface area contributed by atoms with E-state index in [9.17, 15) is 5.11 Å². The Hall–Kier alpha value is -1.26. The monoisotopic (exact) mass is 276 g/mol. The molecule has 1 unspecified atom stereocenters. The lowest BCUT2D eigenvalue weighted by atomic mass is 10.1. The number of aliphatic hydroxyl groups excluding tert-OH is 1. The summed E-state index contributed by atoms with van der Waals surface area (Å²) in [4.78, 5) is 8.99. The van der Waals surface area contributed by atoms with E-state index < -0.39 is 6.10 Å². The fourth-order valence-corrected chi connectivity index (χ4v) is 2.87. The van der Waals surface area contributed by atoms with Crippen molar-refractivity contribution in [1.82, 2.24) is 9.97 Å². The van der Waals surface area contributed by atoms with Gasteiger partial charge in [-0.3, -0.25) is 0 Å². The quantitative estimate of drug-likeness (QED) is 0.863. The van der Waals surface area contributed by atoms with Gasteiger partial charge in [0.05, 0.1) is 5.69 Å². The van der Waals surface area contributed by atoms with E-state index in [1.807, 2.05) is 25.1 Å². The third kappa shape index (κ3) is 3.39. The second-order valence-electron chi connectivity index (χ2n) is 4.83. The van der Waals surface area contributed by atoms with Crippen molar-refractivity contribution in [2.45, 2.75) is 49.1 Å². The van der Waals surface area contributed by atoms with Crippen LogP contribution in [0, 0.1) is 0 Å². The minimum Gasteiger partial charge on any atom is -0.385 e. The smallest absolute Gasteiger partial charge is 0.136 e. The molecule has 0 aliphatic rings. The van der Waals surface area contributed by atoms with E-state index in [1.54, 1.807) is 11.8 Å². The molecule has 0 aliphatic heterocycles. The molecule has 2 aromatic rings.